The van der Waals surface area contributed by atoms with Crippen LogP contribution in [0.1, 0.15) is 24.8 Å². The van der Waals surface area contributed by atoms with E-state index in [1.807, 2.05) is 12.1 Å². The van der Waals surface area contributed by atoms with Gasteiger partial charge in [-0.3, -0.25) is 0 Å². The Bertz CT molecular complexity index is 434. The van der Waals surface area contributed by atoms with Crippen LogP contribution in [0.15, 0.2) is 18.2 Å². The van der Waals surface area contributed by atoms with Crippen molar-refractivity contribution < 1.29 is 0 Å². The summed E-state index contributed by atoms with van der Waals surface area (Å²) in [6, 6.07) is 5.96. The standard InChI is InChI=1S/C14H17Cl2N/c15-12-2-1-9(3-13(12)16)5-14(8-17)6-10-4-11(10)7-14/h1-3,10-11H,4-8,17H2. The van der Waals surface area contributed by atoms with E-state index in [-0.39, 0.29) is 0 Å². The molecular formula is C14H17Cl2N. The summed E-state index contributed by atoms with van der Waals surface area (Å²) in [5.74, 6) is 1.92. The van der Waals surface area contributed by atoms with E-state index in [2.05, 4.69) is 6.07 Å². The molecule has 2 saturated carbocycles. The number of hydrogen-bond donors (Lipinski definition) is 1. The second-order valence-corrected chi connectivity index (χ2v) is 6.61. The summed E-state index contributed by atoms with van der Waals surface area (Å²) >= 11 is 12.0. The van der Waals surface area contributed by atoms with Crippen LogP contribution in [-0.4, -0.2) is 6.54 Å². The SMILES string of the molecule is NCC1(Cc2ccc(Cl)c(Cl)c2)CC2CC2C1. The zero-order valence-electron chi connectivity index (χ0n) is 9.76. The molecule has 2 fully saturated rings. The minimum atomic E-state index is 0.324. The summed E-state index contributed by atoms with van der Waals surface area (Å²) < 4.78 is 0. The van der Waals surface area contributed by atoms with E-state index in [4.69, 9.17) is 28.9 Å². The second kappa shape index (κ2) is 4.15. The van der Waals surface area contributed by atoms with E-state index in [9.17, 15) is 0 Å². The maximum Gasteiger partial charge on any atom is 0.0595 e. The molecule has 2 aliphatic rings. The molecule has 0 spiro atoms. The molecule has 0 aliphatic heterocycles. The molecule has 1 aromatic rings. The van der Waals surface area contributed by atoms with E-state index in [0.29, 0.717) is 15.5 Å². The fourth-order valence-corrected chi connectivity index (χ4v) is 3.79. The zero-order valence-corrected chi connectivity index (χ0v) is 11.3. The molecule has 0 saturated heterocycles. The first kappa shape index (κ1) is 11.8. The maximum absolute atomic E-state index is 6.06. The topological polar surface area (TPSA) is 26.0 Å². The average molecular weight is 270 g/mol. The van der Waals surface area contributed by atoms with Crippen molar-refractivity contribution in [1.82, 2.24) is 0 Å². The van der Waals surface area contributed by atoms with Gasteiger partial charge in [0.05, 0.1) is 10.0 Å². The predicted molar refractivity (Wildman–Crippen MR) is 72.5 cm³/mol. The molecule has 2 atom stereocenters. The maximum atomic E-state index is 6.06. The Kier molecular flexibility index (Phi) is 2.89. The Balaban J connectivity index is 1.78. The highest BCUT2D eigenvalue weighted by Gasteiger charge is 2.52. The monoisotopic (exact) mass is 269 g/mol. The molecule has 1 nitrogen and oxygen atoms in total. The fourth-order valence-electron chi connectivity index (χ4n) is 3.47. The highest BCUT2D eigenvalue weighted by Crippen LogP contribution is 2.60. The molecule has 0 amide bonds. The van der Waals surface area contributed by atoms with Crippen molar-refractivity contribution >= 4 is 23.2 Å². The van der Waals surface area contributed by atoms with Crippen LogP contribution in [0.3, 0.4) is 0 Å². The Morgan fingerprint density at radius 2 is 1.88 bits per heavy atom. The minimum absolute atomic E-state index is 0.324. The van der Waals surface area contributed by atoms with Gasteiger partial charge in [-0.1, -0.05) is 29.3 Å². The van der Waals surface area contributed by atoms with E-state index in [1.54, 1.807) is 0 Å². The highest BCUT2D eigenvalue weighted by molar-refractivity contribution is 6.42. The van der Waals surface area contributed by atoms with Gasteiger partial charge in [0.15, 0.2) is 0 Å². The van der Waals surface area contributed by atoms with Gasteiger partial charge in [-0.05, 0) is 67.2 Å². The lowest BCUT2D eigenvalue weighted by atomic mass is 9.77. The van der Waals surface area contributed by atoms with Crippen molar-refractivity contribution in [3.05, 3.63) is 33.8 Å². The largest absolute Gasteiger partial charge is 0.330 e. The van der Waals surface area contributed by atoms with Crippen molar-refractivity contribution in [2.45, 2.75) is 25.7 Å². The second-order valence-electron chi connectivity index (χ2n) is 5.79. The Morgan fingerprint density at radius 1 is 1.18 bits per heavy atom. The molecule has 92 valence electrons. The molecule has 2 aliphatic carbocycles. The fraction of sp³-hybridized carbons (Fsp3) is 0.571. The quantitative estimate of drug-likeness (QED) is 0.885. The van der Waals surface area contributed by atoms with Gasteiger partial charge in [-0.15, -0.1) is 0 Å². The van der Waals surface area contributed by atoms with Crippen molar-refractivity contribution in [3.63, 3.8) is 0 Å². The van der Waals surface area contributed by atoms with Gasteiger partial charge in [0.1, 0.15) is 0 Å². The van der Waals surface area contributed by atoms with Crippen LogP contribution in [0.2, 0.25) is 10.0 Å². The first-order chi connectivity index (χ1) is 8.12. The molecule has 17 heavy (non-hydrogen) atoms. The molecule has 0 bridgehead atoms. The average Bonchev–Trinajstić information content (AvgIpc) is 2.93. The van der Waals surface area contributed by atoms with Crippen LogP contribution in [-0.2, 0) is 6.42 Å². The molecular weight excluding hydrogens is 253 g/mol. The van der Waals surface area contributed by atoms with Crippen molar-refractivity contribution in [2.75, 3.05) is 6.54 Å². The van der Waals surface area contributed by atoms with Crippen LogP contribution in [0.25, 0.3) is 0 Å². The van der Waals surface area contributed by atoms with E-state index in [1.165, 1.54) is 24.8 Å². The third-order valence-corrected chi connectivity index (χ3v) is 5.19. The Hall–Kier alpha value is -0.240. The number of hydrogen-bond acceptors (Lipinski definition) is 1. The first-order valence-electron chi connectivity index (χ1n) is 6.26. The van der Waals surface area contributed by atoms with E-state index >= 15 is 0 Å². The zero-order chi connectivity index (χ0) is 12.0. The summed E-state index contributed by atoms with van der Waals surface area (Å²) in [4.78, 5) is 0. The van der Waals surface area contributed by atoms with Crippen molar-refractivity contribution in [3.8, 4) is 0 Å². The van der Waals surface area contributed by atoms with Crippen LogP contribution < -0.4 is 5.73 Å². The Morgan fingerprint density at radius 3 is 2.47 bits per heavy atom. The van der Waals surface area contributed by atoms with Gasteiger partial charge in [0.25, 0.3) is 0 Å². The number of fused-ring (bicyclic) bond motifs is 1. The molecule has 3 rings (SSSR count). The van der Waals surface area contributed by atoms with Crippen LogP contribution in [0, 0.1) is 17.3 Å². The van der Waals surface area contributed by atoms with Gasteiger partial charge in [-0.2, -0.15) is 0 Å². The minimum Gasteiger partial charge on any atom is -0.330 e. The summed E-state index contributed by atoms with van der Waals surface area (Å²) in [5, 5.41) is 1.28. The molecule has 2 N–H and O–H groups in total. The number of benzene rings is 1. The molecule has 0 aromatic heterocycles. The van der Waals surface area contributed by atoms with E-state index in [0.717, 1.165) is 24.8 Å². The number of rotatable bonds is 3. The molecule has 1 aromatic carbocycles. The van der Waals surface area contributed by atoms with Gasteiger partial charge in [0, 0.05) is 0 Å². The first-order valence-corrected chi connectivity index (χ1v) is 7.01. The van der Waals surface area contributed by atoms with Gasteiger partial charge < -0.3 is 5.73 Å². The summed E-state index contributed by atoms with van der Waals surface area (Å²) in [7, 11) is 0. The molecule has 3 heteroatoms. The summed E-state index contributed by atoms with van der Waals surface area (Å²) in [6.45, 7) is 0.792. The number of halogens is 2. The lowest BCUT2D eigenvalue weighted by molar-refractivity contribution is 0.273. The third kappa shape index (κ3) is 2.21. The lowest BCUT2D eigenvalue weighted by Gasteiger charge is -2.29. The lowest BCUT2D eigenvalue weighted by Crippen LogP contribution is -2.31. The van der Waals surface area contributed by atoms with Gasteiger partial charge >= 0.3 is 0 Å². The number of nitrogens with two attached hydrogens (primary N) is 1. The molecule has 0 radical (unpaired) electrons. The van der Waals surface area contributed by atoms with Crippen LogP contribution >= 0.6 is 23.2 Å². The van der Waals surface area contributed by atoms with Crippen molar-refractivity contribution in [2.24, 2.45) is 23.0 Å². The predicted octanol–water partition coefficient (Wildman–Crippen LogP) is 3.91. The summed E-state index contributed by atoms with van der Waals surface area (Å²) in [6.07, 6.45) is 5.08. The third-order valence-electron chi connectivity index (χ3n) is 4.46. The van der Waals surface area contributed by atoms with Gasteiger partial charge in [0.2, 0.25) is 0 Å². The molecule has 0 heterocycles. The Labute approximate surface area is 112 Å². The van der Waals surface area contributed by atoms with Crippen LogP contribution in [0.4, 0.5) is 0 Å². The normalized spacial score (nSPS) is 34.8. The van der Waals surface area contributed by atoms with Crippen molar-refractivity contribution in [1.29, 1.82) is 0 Å². The van der Waals surface area contributed by atoms with Gasteiger partial charge in [-0.25, -0.2) is 0 Å². The highest BCUT2D eigenvalue weighted by atomic mass is 35.5. The molecule has 2 unspecified atom stereocenters. The smallest absolute Gasteiger partial charge is 0.0595 e. The van der Waals surface area contributed by atoms with Crippen LogP contribution in [0.5, 0.6) is 0 Å². The van der Waals surface area contributed by atoms with E-state index < -0.39 is 0 Å². The summed E-state index contributed by atoms with van der Waals surface area (Å²) in [5.41, 5.74) is 7.60.